The predicted molar refractivity (Wildman–Crippen MR) is 50.1 cm³/mol. The number of hydrogen-bond donors (Lipinski definition) is 0. The van der Waals surface area contributed by atoms with Crippen LogP contribution in [0.2, 0.25) is 15.8 Å². The second kappa shape index (κ2) is 2.90. The van der Waals surface area contributed by atoms with Gasteiger partial charge in [-0.15, -0.1) is 0 Å². The van der Waals surface area contributed by atoms with Crippen molar-refractivity contribution in [1.29, 1.82) is 0 Å². The van der Waals surface area contributed by atoms with Crippen LogP contribution >= 0.6 is 10.0 Å². The Kier molecular flexibility index (Phi) is 2.51. The van der Waals surface area contributed by atoms with Crippen molar-refractivity contribution < 1.29 is 0 Å². The SMILES string of the molecule is C[CH2][Ge]1([Cl])[CH2]C(C)=C(C)[CH2]1. The van der Waals surface area contributed by atoms with Crippen molar-refractivity contribution in [2.24, 2.45) is 0 Å². The first kappa shape index (κ1) is 8.67. The summed E-state index contributed by atoms with van der Waals surface area (Å²) in [7, 11) is 6.49. The number of allylic oxidation sites excluding steroid dienone is 2. The molecule has 1 heterocycles. The third kappa shape index (κ3) is 1.59. The summed E-state index contributed by atoms with van der Waals surface area (Å²) in [5.41, 5.74) is 3.16. The van der Waals surface area contributed by atoms with Gasteiger partial charge in [-0.1, -0.05) is 0 Å². The Balaban J connectivity index is 2.66. The van der Waals surface area contributed by atoms with Gasteiger partial charge in [0, 0.05) is 0 Å². The van der Waals surface area contributed by atoms with E-state index in [4.69, 9.17) is 10.0 Å². The van der Waals surface area contributed by atoms with Crippen molar-refractivity contribution in [1.82, 2.24) is 0 Å². The van der Waals surface area contributed by atoms with Gasteiger partial charge in [0.15, 0.2) is 0 Å². The molecule has 0 atom stereocenters. The van der Waals surface area contributed by atoms with E-state index in [9.17, 15) is 0 Å². The molecular formula is C8H15ClGe. The van der Waals surface area contributed by atoms with Crippen LogP contribution in [0.15, 0.2) is 11.1 Å². The van der Waals surface area contributed by atoms with Crippen molar-refractivity contribution >= 4 is 22.3 Å². The molecule has 1 aliphatic heterocycles. The Hall–Kier alpha value is 0.573. The molecule has 0 aromatic carbocycles. The summed E-state index contributed by atoms with van der Waals surface area (Å²) in [6.07, 6.45) is 0. The Morgan fingerprint density at radius 2 is 1.70 bits per heavy atom. The van der Waals surface area contributed by atoms with Gasteiger partial charge >= 0.3 is 70.0 Å². The summed E-state index contributed by atoms with van der Waals surface area (Å²) < 4.78 is 0. The van der Waals surface area contributed by atoms with Crippen molar-refractivity contribution in [2.45, 2.75) is 36.5 Å². The molecule has 0 spiro atoms. The van der Waals surface area contributed by atoms with Crippen LogP contribution in [0.4, 0.5) is 0 Å². The summed E-state index contributed by atoms with van der Waals surface area (Å²) in [5.74, 6) is 0. The molecule has 0 bridgehead atoms. The number of hydrogen-bond acceptors (Lipinski definition) is 0. The van der Waals surface area contributed by atoms with E-state index in [1.54, 1.807) is 11.1 Å². The van der Waals surface area contributed by atoms with Gasteiger partial charge in [0.2, 0.25) is 0 Å². The molecule has 0 radical (unpaired) electrons. The fourth-order valence-corrected chi connectivity index (χ4v) is 10.2. The Morgan fingerprint density at radius 1 is 1.30 bits per heavy atom. The molecule has 0 nitrogen and oxygen atoms in total. The van der Waals surface area contributed by atoms with Crippen molar-refractivity contribution in [3.05, 3.63) is 11.1 Å². The maximum atomic E-state index is 6.49. The molecule has 10 heavy (non-hydrogen) atoms. The van der Waals surface area contributed by atoms with Crippen LogP contribution in [-0.4, -0.2) is 12.3 Å². The van der Waals surface area contributed by atoms with E-state index >= 15 is 0 Å². The zero-order valence-corrected chi connectivity index (χ0v) is 9.85. The first-order valence-corrected chi connectivity index (χ1v) is 11.1. The minimum absolute atomic E-state index is 1.27. The molecule has 0 aromatic rings. The van der Waals surface area contributed by atoms with Crippen LogP contribution in [0, 0.1) is 0 Å². The monoisotopic (exact) mass is 220 g/mol. The van der Waals surface area contributed by atoms with Crippen LogP contribution in [-0.2, 0) is 0 Å². The number of rotatable bonds is 1. The van der Waals surface area contributed by atoms with E-state index in [2.05, 4.69) is 20.8 Å². The van der Waals surface area contributed by atoms with Crippen LogP contribution in [0.25, 0.3) is 0 Å². The third-order valence-electron chi connectivity index (χ3n) is 2.53. The van der Waals surface area contributed by atoms with E-state index in [0.29, 0.717) is 0 Å². The molecule has 1 aliphatic rings. The molecule has 0 fully saturated rings. The molecule has 0 saturated carbocycles. The summed E-state index contributed by atoms with van der Waals surface area (Å²) >= 11 is -1.77. The molecule has 0 amide bonds. The maximum absolute atomic E-state index is 6.49. The molecule has 0 N–H and O–H groups in total. The standard InChI is InChI=1S/C8H15ClGe/c1-4-10(9)5-7(2)8(3)6-10/h4-6H2,1-3H3. The third-order valence-corrected chi connectivity index (χ3v) is 12.8. The normalized spacial score (nSPS) is 24.0. The number of halogens is 1. The summed E-state index contributed by atoms with van der Waals surface area (Å²) in [4.78, 5) is 0. The predicted octanol–water partition coefficient (Wildman–Crippen LogP) is 3.54. The molecule has 0 saturated heterocycles. The zero-order chi connectivity index (χ0) is 7.78. The van der Waals surface area contributed by atoms with Crippen LogP contribution in [0.1, 0.15) is 20.8 Å². The van der Waals surface area contributed by atoms with Crippen molar-refractivity contribution in [2.75, 3.05) is 0 Å². The molecule has 58 valence electrons. The van der Waals surface area contributed by atoms with Crippen molar-refractivity contribution in [3.63, 3.8) is 0 Å². The van der Waals surface area contributed by atoms with Gasteiger partial charge in [0.1, 0.15) is 0 Å². The van der Waals surface area contributed by atoms with Crippen LogP contribution < -0.4 is 0 Å². The summed E-state index contributed by atoms with van der Waals surface area (Å²) in [6, 6.07) is 0. The average Bonchev–Trinajstić information content (AvgIpc) is 2.10. The zero-order valence-electron chi connectivity index (χ0n) is 7.00. The van der Waals surface area contributed by atoms with E-state index in [1.165, 1.54) is 15.8 Å². The van der Waals surface area contributed by atoms with E-state index < -0.39 is 12.3 Å². The second-order valence-electron chi connectivity index (χ2n) is 3.42. The Bertz CT molecular complexity index is 158. The van der Waals surface area contributed by atoms with Gasteiger partial charge in [0.05, 0.1) is 0 Å². The molecule has 0 aliphatic carbocycles. The molecule has 0 unspecified atom stereocenters. The Labute approximate surface area is 70.2 Å². The van der Waals surface area contributed by atoms with E-state index in [0.717, 1.165) is 0 Å². The van der Waals surface area contributed by atoms with Crippen LogP contribution in [0.5, 0.6) is 0 Å². The van der Waals surface area contributed by atoms with Crippen molar-refractivity contribution in [3.8, 4) is 0 Å². The molecule has 0 aromatic heterocycles. The van der Waals surface area contributed by atoms with E-state index in [-0.39, 0.29) is 0 Å². The molecule has 1 rings (SSSR count). The van der Waals surface area contributed by atoms with Crippen LogP contribution in [0.3, 0.4) is 0 Å². The summed E-state index contributed by atoms with van der Waals surface area (Å²) in [6.45, 7) is 6.72. The van der Waals surface area contributed by atoms with Gasteiger partial charge in [-0.05, 0) is 0 Å². The van der Waals surface area contributed by atoms with Gasteiger partial charge in [0.25, 0.3) is 0 Å². The molecule has 2 heteroatoms. The van der Waals surface area contributed by atoms with Gasteiger partial charge in [-0.2, -0.15) is 0 Å². The van der Waals surface area contributed by atoms with Gasteiger partial charge in [-0.3, -0.25) is 0 Å². The quantitative estimate of drug-likeness (QED) is 0.467. The Morgan fingerprint density at radius 3 is 1.90 bits per heavy atom. The fraction of sp³-hybridized carbons (Fsp3) is 0.750. The molecular weight excluding hydrogens is 204 g/mol. The topological polar surface area (TPSA) is 0 Å². The minimum atomic E-state index is -1.77. The average molecular weight is 219 g/mol. The fourth-order valence-electron chi connectivity index (χ4n) is 1.56. The van der Waals surface area contributed by atoms with Gasteiger partial charge in [-0.25, -0.2) is 0 Å². The summed E-state index contributed by atoms with van der Waals surface area (Å²) in [5, 5.41) is 3.84. The van der Waals surface area contributed by atoms with Gasteiger partial charge < -0.3 is 0 Å². The first-order valence-electron chi connectivity index (χ1n) is 3.91. The first-order chi connectivity index (χ1) is 4.57. The van der Waals surface area contributed by atoms with E-state index in [1.807, 2.05) is 0 Å². The second-order valence-corrected chi connectivity index (χ2v) is 15.4.